The minimum atomic E-state index is -0.0551. The summed E-state index contributed by atoms with van der Waals surface area (Å²) >= 11 is 0. The molecule has 0 unspecified atom stereocenters. The van der Waals surface area contributed by atoms with Crippen molar-refractivity contribution < 1.29 is 9.21 Å². The number of hydrogen-bond acceptors (Lipinski definition) is 5. The second kappa shape index (κ2) is 7.70. The van der Waals surface area contributed by atoms with E-state index in [4.69, 9.17) is 10.2 Å². The molecular weight excluding hydrogens is 316 g/mol. The maximum absolute atomic E-state index is 12.2. The van der Waals surface area contributed by atoms with E-state index >= 15 is 0 Å². The van der Waals surface area contributed by atoms with Crippen LogP contribution in [0.3, 0.4) is 0 Å². The van der Waals surface area contributed by atoms with Crippen LogP contribution in [0.5, 0.6) is 0 Å². The zero-order chi connectivity index (χ0) is 17.8. The molecule has 6 nitrogen and oxygen atoms in total. The molecular formula is C19H26N4O2. The molecule has 1 saturated heterocycles. The standard InChI is InChI=1S/C19H26N4O2/c1-13-14(2)25-18(22-13)12-23-8-6-15(7-9-23)11-21-19(24)16-4-3-5-17(20)10-16/h3-5,10,15H,6-9,11-12,20H2,1-2H3,(H,21,24). The number of rotatable bonds is 5. The van der Waals surface area contributed by atoms with Crippen molar-refractivity contribution in [3.05, 3.63) is 47.2 Å². The fourth-order valence-electron chi connectivity index (χ4n) is 3.17. The number of hydrogen-bond donors (Lipinski definition) is 2. The molecule has 1 aliphatic rings. The summed E-state index contributed by atoms with van der Waals surface area (Å²) in [7, 11) is 0. The van der Waals surface area contributed by atoms with Crippen LogP contribution in [0.1, 0.15) is 40.5 Å². The monoisotopic (exact) mass is 342 g/mol. The van der Waals surface area contributed by atoms with Gasteiger partial charge in [0.25, 0.3) is 5.91 Å². The maximum atomic E-state index is 12.2. The Labute approximate surface area is 148 Å². The van der Waals surface area contributed by atoms with Crippen LogP contribution < -0.4 is 11.1 Å². The molecule has 0 spiro atoms. The average Bonchev–Trinajstić information content (AvgIpc) is 2.91. The lowest BCUT2D eigenvalue weighted by Crippen LogP contribution is -2.38. The number of aryl methyl sites for hydroxylation is 2. The largest absolute Gasteiger partial charge is 0.444 e. The van der Waals surface area contributed by atoms with E-state index in [1.807, 2.05) is 13.8 Å². The molecule has 2 aromatic rings. The molecule has 3 rings (SSSR count). The fourth-order valence-corrected chi connectivity index (χ4v) is 3.17. The Morgan fingerprint density at radius 2 is 2.12 bits per heavy atom. The highest BCUT2D eigenvalue weighted by Gasteiger charge is 2.21. The number of carbonyl (C=O) groups excluding carboxylic acids is 1. The number of nitrogens with two attached hydrogens (primary N) is 1. The van der Waals surface area contributed by atoms with Crippen molar-refractivity contribution in [3.8, 4) is 0 Å². The molecule has 0 bridgehead atoms. The summed E-state index contributed by atoms with van der Waals surface area (Å²) in [6.07, 6.45) is 2.13. The molecule has 1 aromatic heterocycles. The van der Waals surface area contributed by atoms with Gasteiger partial charge >= 0.3 is 0 Å². The number of carbonyl (C=O) groups is 1. The Kier molecular flexibility index (Phi) is 5.38. The lowest BCUT2D eigenvalue weighted by atomic mass is 9.96. The number of anilines is 1. The topological polar surface area (TPSA) is 84.4 Å². The molecule has 1 aromatic carbocycles. The molecule has 0 atom stereocenters. The van der Waals surface area contributed by atoms with Crippen LogP contribution in [0, 0.1) is 19.8 Å². The normalized spacial score (nSPS) is 16.1. The molecule has 0 saturated carbocycles. The van der Waals surface area contributed by atoms with Crippen molar-refractivity contribution in [2.24, 2.45) is 5.92 Å². The van der Waals surface area contributed by atoms with Crippen molar-refractivity contribution in [3.63, 3.8) is 0 Å². The maximum Gasteiger partial charge on any atom is 0.251 e. The fraction of sp³-hybridized carbons (Fsp3) is 0.474. The molecule has 0 radical (unpaired) electrons. The van der Waals surface area contributed by atoms with E-state index in [-0.39, 0.29) is 5.91 Å². The average molecular weight is 342 g/mol. The highest BCUT2D eigenvalue weighted by molar-refractivity contribution is 5.94. The molecule has 1 fully saturated rings. The van der Waals surface area contributed by atoms with Crippen LogP contribution >= 0.6 is 0 Å². The Balaban J connectivity index is 1.42. The molecule has 1 aliphatic heterocycles. The van der Waals surface area contributed by atoms with E-state index in [2.05, 4.69) is 15.2 Å². The van der Waals surface area contributed by atoms with Gasteiger partial charge in [0.15, 0.2) is 0 Å². The van der Waals surface area contributed by atoms with E-state index < -0.39 is 0 Å². The number of benzene rings is 1. The zero-order valence-electron chi connectivity index (χ0n) is 14.9. The smallest absolute Gasteiger partial charge is 0.251 e. The van der Waals surface area contributed by atoms with Gasteiger partial charge in [-0.1, -0.05) is 6.07 Å². The second-order valence-corrected chi connectivity index (χ2v) is 6.80. The molecule has 6 heteroatoms. The first-order valence-corrected chi connectivity index (χ1v) is 8.80. The first-order valence-electron chi connectivity index (χ1n) is 8.80. The Morgan fingerprint density at radius 1 is 1.36 bits per heavy atom. The van der Waals surface area contributed by atoms with Gasteiger partial charge in [-0.15, -0.1) is 0 Å². The van der Waals surface area contributed by atoms with E-state index in [1.165, 1.54) is 0 Å². The molecule has 1 amide bonds. The van der Waals surface area contributed by atoms with Crippen molar-refractivity contribution in [1.29, 1.82) is 0 Å². The number of likely N-dealkylation sites (tertiary alicyclic amines) is 1. The van der Waals surface area contributed by atoms with E-state index in [9.17, 15) is 4.79 Å². The molecule has 25 heavy (non-hydrogen) atoms. The van der Waals surface area contributed by atoms with E-state index in [1.54, 1.807) is 24.3 Å². The third-order valence-electron chi connectivity index (χ3n) is 4.84. The Hall–Kier alpha value is -2.34. The summed E-state index contributed by atoms with van der Waals surface area (Å²) in [5.74, 6) is 2.15. The van der Waals surface area contributed by atoms with Crippen molar-refractivity contribution in [2.75, 3.05) is 25.4 Å². The van der Waals surface area contributed by atoms with Crippen LogP contribution in [-0.4, -0.2) is 35.4 Å². The molecule has 134 valence electrons. The number of oxazole rings is 1. The van der Waals surface area contributed by atoms with Crippen LogP contribution in [0.25, 0.3) is 0 Å². The molecule has 3 N–H and O–H groups in total. The highest BCUT2D eigenvalue weighted by Crippen LogP contribution is 2.19. The number of nitrogens with zero attached hydrogens (tertiary/aromatic N) is 2. The molecule has 0 aliphatic carbocycles. The third-order valence-corrected chi connectivity index (χ3v) is 4.84. The predicted molar refractivity (Wildman–Crippen MR) is 97.2 cm³/mol. The van der Waals surface area contributed by atoms with Gasteiger partial charge < -0.3 is 15.5 Å². The first kappa shape index (κ1) is 17.5. The highest BCUT2D eigenvalue weighted by atomic mass is 16.4. The summed E-state index contributed by atoms with van der Waals surface area (Å²) in [4.78, 5) is 19.0. The van der Waals surface area contributed by atoms with Crippen LogP contribution in [0.4, 0.5) is 5.69 Å². The minimum absolute atomic E-state index is 0.0551. The zero-order valence-corrected chi connectivity index (χ0v) is 14.9. The van der Waals surface area contributed by atoms with Gasteiger partial charge in [-0.2, -0.15) is 0 Å². The van der Waals surface area contributed by atoms with Gasteiger partial charge in [0.2, 0.25) is 5.89 Å². The van der Waals surface area contributed by atoms with Gasteiger partial charge in [0.05, 0.1) is 12.2 Å². The van der Waals surface area contributed by atoms with Crippen LogP contribution in [-0.2, 0) is 6.54 Å². The number of nitrogen functional groups attached to an aromatic ring is 1. The summed E-state index contributed by atoms with van der Waals surface area (Å²) < 4.78 is 5.66. The van der Waals surface area contributed by atoms with E-state index in [0.29, 0.717) is 23.7 Å². The van der Waals surface area contributed by atoms with E-state index in [0.717, 1.165) is 49.8 Å². The van der Waals surface area contributed by atoms with Crippen LogP contribution in [0.15, 0.2) is 28.7 Å². The third kappa shape index (κ3) is 4.60. The van der Waals surface area contributed by atoms with Crippen LogP contribution in [0.2, 0.25) is 0 Å². The molecule has 2 heterocycles. The van der Waals surface area contributed by atoms with Crippen molar-refractivity contribution in [2.45, 2.75) is 33.2 Å². The lowest BCUT2D eigenvalue weighted by Gasteiger charge is -2.31. The lowest BCUT2D eigenvalue weighted by molar-refractivity contribution is 0.0934. The van der Waals surface area contributed by atoms with Gasteiger partial charge in [-0.3, -0.25) is 9.69 Å². The number of piperidine rings is 1. The summed E-state index contributed by atoms with van der Waals surface area (Å²) in [6, 6.07) is 7.07. The Bertz CT molecular complexity index is 713. The minimum Gasteiger partial charge on any atom is -0.444 e. The van der Waals surface area contributed by atoms with Crippen molar-refractivity contribution >= 4 is 11.6 Å². The predicted octanol–water partition coefficient (Wildman–Crippen LogP) is 2.52. The van der Waals surface area contributed by atoms with Gasteiger partial charge in [0.1, 0.15) is 5.76 Å². The summed E-state index contributed by atoms with van der Waals surface area (Å²) in [5.41, 5.74) is 7.92. The van der Waals surface area contributed by atoms with Gasteiger partial charge in [-0.05, 0) is 63.9 Å². The number of amides is 1. The van der Waals surface area contributed by atoms with Gasteiger partial charge in [-0.25, -0.2) is 4.98 Å². The quantitative estimate of drug-likeness (QED) is 0.816. The summed E-state index contributed by atoms with van der Waals surface area (Å²) in [5, 5.41) is 3.03. The Morgan fingerprint density at radius 3 is 2.76 bits per heavy atom. The second-order valence-electron chi connectivity index (χ2n) is 6.80. The SMILES string of the molecule is Cc1nc(CN2CCC(CNC(=O)c3cccc(N)c3)CC2)oc1C. The van der Waals surface area contributed by atoms with Gasteiger partial charge in [0, 0.05) is 17.8 Å². The number of nitrogens with one attached hydrogen (secondary N) is 1. The first-order chi connectivity index (χ1) is 12.0. The summed E-state index contributed by atoms with van der Waals surface area (Å²) in [6.45, 7) is 7.38. The van der Waals surface area contributed by atoms with Crippen molar-refractivity contribution in [1.82, 2.24) is 15.2 Å². The number of aromatic nitrogens is 1.